The molecule has 0 unspecified atom stereocenters. The Hall–Kier alpha value is -3.50. The number of nitrogens with zero attached hydrogens (tertiary/aromatic N) is 6. The standard InChI is InChI=1S/C23H25N7O2S.H2/c1-28-9-11-29(12-10-28)20-7-4-6-19(13-20)26-23-24-14-17-5-3-8-21(22(17)27-23)18-15-25-30(16-18)33(2,31)32;/h3-8,13-16H,9-12H2,1-2H3,(H,24,26,27);1H. The van der Waals surface area contributed by atoms with Crippen molar-refractivity contribution in [2.24, 2.45) is 0 Å². The van der Waals surface area contributed by atoms with Gasteiger partial charge >= 0.3 is 0 Å². The summed E-state index contributed by atoms with van der Waals surface area (Å²) < 4.78 is 24.6. The number of hydrogen-bond acceptors (Lipinski definition) is 8. The van der Waals surface area contributed by atoms with Gasteiger partial charge in [-0.1, -0.05) is 24.3 Å². The Kier molecular flexibility index (Phi) is 5.47. The molecule has 1 fully saturated rings. The summed E-state index contributed by atoms with van der Waals surface area (Å²) in [5.41, 5.74) is 4.26. The van der Waals surface area contributed by atoms with Crippen LogP contribution < -0.4 is 10.2 Å². The van der Waals surface area contributed by atoms with Crippen molar-refractivity contribution in [1.82, 2.24) is 24.1 Å². The molecule has 0 atom stereocenters. The van der Waals surface area contributed by atoms with Gasteiger partial charge in [-0.05, 0) is 25.2 Å². The van der Waals surface area contributed by atoms with Gasteiger partial charge in [-0.15, -0.1) is 0 Å². The van der Waals surface area contributed by atoms with Crippen LogP contribution in [0.1, 0.15) is 1.43 Å². The molecule has 0 aliphatic carbocycles. The van der Waals surface area contributed by atoms with Crippen molar-refractivity contribution in [2.45, 2.75) is 0 Å². The highest BCUT2D eigenvalue weighted by Crippen LogP contribution is 2.29. The Morgan fingerprint density at radius 2 is 1.82 bits per heavy atom. The van der Waals surface area contributed by atoms with Crippen LogP contribution in [-0.2, 0) is 10.0 Å². The number of piperazine rings is 1. The molecule has 0 radical (unpaired) electrons. The SMILES string of the molecule is CN1CCN(c2cccc(Nc3ncc4cccc(-c5cnn(S(C)(=O)=O)c5)c4n3)c2)CC1.[HH]. The molecule has 172 valence electrons. The Labute approximate surface area is 194 Å². The predicted molar refractivity (Wildman–Crippen MR) is 133 cm³/mol. The highest BCUT2D eigenvalue weighted by atomic mass is 32.2. The zero-order valence-electron chi connectivity index (χ0n) is 18.5. The van der Waals surface area contributed by atoms with E-state index >= 15 is 0 Å². The lowest BCUT2D eigenvalue weighted by atomic mass is 10.1. The molecule has 5 rings (SSSR count). The topological polar surface area (TPSA) is 96.2 Å². The first-order valence-corrected chi connectivity index (χ1v) is 12.5. The maximum absolute atomic E-state index is 11.8. The van der Waals surface area contributed by atoms with Gasteiger partial charge in [0.15, 0.2) is 0 Å². The van der Waals surface area contributed by atoms with E-state index in [0.717, 1.165) is 58.7 Å². The largest absolute Gasteiger partial charge is 0.369 e. The van der Waals surface area contributed by atoms with Gasteiger partial charge < -0.3 is 15.1 Å². The molecule has 33 heavy (non-hydrogen) atoms. The molecule has 1 aliphatic rings. The normalized spacial score (nSPS) is 15.2. The van der Waals surface area contributed by atoms with Crippen LogP contribution in [0.5, 0.6) is 0 Å². The lowest BCUT2D eigenvalue weighted by molar-refractivity contribution is 0.313. The van der Waals surface area contributed by atoms with Gasteiger partial charge in [0.05, 0.1) is 24.2 Å². The van der Waals surface area contributed by atoms with Gasteiger partial charge in [-0.2, -0.15) is 9.19 Å². The number of fused-ring (bicyclic) bond motifs is 1. The van der Waals surface area contributed by atoms with Crippen LogP contribution in [0.2, 0.25) is 0 Å². The van der Waals surface area contributed by atoms with E-state index in [-0.39, 0.29) is 1.43 Å². The van der Waals surface area contributed by atoms with Crippen molar-refractivity contribution < 1.29 is 9.84 Å². The Morgan fingerprint density at radius 3 is 2.58 bits per heavy atom. The second-order valence-electron chi connectivity index (χ2n) is 8.27. The summed E-state index contributed by atoms with van der Waals surface area (Å²) in [7, 11) is -1.31. The van der Waals surface area contributed by atoms with E-state index in [1.807, 2.05) is 30.3 Å². The molecule has 0 saturated carbocycles. The molecule has 1 saturated heterocycles. The molecule has 1 N–H and O–H groups in total. The van der Waals surface area contributed by atoms with Crippen molar-refractivity contribution in [1.29, 1.82) is 0 Å². The Bertz CT molecular complexity index is 1420. The summed E-state index contributed by atoms with van der Waals surface area (Å²) >= 11 is 0. The number of likely N-dealkylation sites (N-methyl/N-ethyl adjacent to an activating group) is 1. The maximum Gasteiger partial charge on any atom is 0.250 e. The first-order chi connectivity index (χ1) is 15.9. The van der Waals surface area contributed by atoms with Crippen LogP contribution >= 0.6 is 0 Å². The van der Waals surface area contributed by atoms with Crippen molar-refractivity contribution in [3.8, 4) is 11.1 Å². The first-order valence-electron chi connectivity index (χ1n) is 10.7. The minimum Gasteiger partial charge on any atom is -0.369 e. The van der Waals surface area contributed by atoms with Gasteiger partial charge in [-0.25, -0.2) is 18.4 Å². The molecule has 3 heterocycles. The third kappa shape index (κ3) is 4.53. The number of nitrogens with one attached hydrogen (secondary N) is 1. The predicted octanol–water partition coefficient (Wildman–Crippen LogP) is 3.04. The van der Waals surface area contributed by atoms with Crippen molar-refractivity contribution >= 4 is 38.2 Å². The van der Waals surface area contributed by atoms with Crippen LogP contribution in [0.25, 0.3) is 22.0 Å². The van der Waals surface area contributed by atoms with E-state index in [1.165, 1.54) is 18.1 Å². The van der Waals surface area contributed by atoms with Crippen LogP contribution in [0.3, 0.4) is 0 Å². The average molecular weight is 466 g/mol. The minimum absolute atomic E-state index is 0. The lowest BCUT2D eigenvalue weighted by Crippen LogP contribution is -2.44. The third-order valence-electron chi connectivity index (χ3n) is 5.79. The van der Waals surface area contributed by atoms with Crippen molar-refractivity contribution in [2.75, 3.05) is 49.7 Å². The fourth-order valence-electron chi connectivity index (χ4n) is 3.95. The van der Waals surface area contributed by atoms with Crippen molar-refractivity contribution in [3.63, 3.8) is 0 Å². The fraction of sp³-hybridized carbons (Fsp3) is 0.261. The third-order valence-corrected chi connectivity index (χ3v) is 6.67. The zero-order valence-corrected chi connectivity index (χ0v) is 19.3. The first kappa shape index (κ1) is 21.4. The molecular weight excluding hydrogens is 438 g/mol. The lowest BCUT2D eigenvalue weighted by Gasteiger charge is -2.34. The summed E-state index contributed by atoms with van der Waals surface area (Å²) in [5.74, 6) is 0.473. The van der Waals surface area contributed by atoms with Gasteiger partial charge in [0.1, 0.15) is 0 Å². The number of para-hydroxylation sites is 1. The number of anilines is 3. The highest BCUT2D eigenvalue weighted by molar-refractivity contribution is 7.89. The summed E-state index contributed by atoms with van der Waals surface area (Å²) in [5, 5.41) is 8.16. The molecular formula is C23H27N7O2S. The second kappa shape index (κ2) is 8.45. The summed E-state index contributed by atoms with van der Waals surface area (Å²) in [4.78, 5) is 13.9. The van der Waals surface area contributed by atoms with Gasteiger partial charge in [0.2, 0.25) is 5.95 Å². The van der Waals surface area contributed by atoms with Crippen LogP contribution in [0.4, 0.5) is 17.3 Å². The van der Waals surface area contributed by atoms with Crippen LogP contribution in [-0.4, -0.2) is 72.0 Å². The minimum atomic E-state index is -3.45. The molecule has 0 amide bonds. The molecule has 0 spiro atoms. The number of hydrogen-bond donors (Lipinski definition) is 1. The molecule has 10 heteroatoms. The van der Waals surface area contributed by atoms with E-state index < -0.39 is 10.0 Å². The van der Waals surface area contributed by atoms with Gasteiger partial charge in [-0.3, -0.25) is 0 Å². The Balaban J connectivity index is 0.00000274. The zero-order chi connectivity index (χ0) is 23.0. The summed E-state index contributed by atoms with van der Waals surface area (Å²) in [6.45, 7) is 4.09. The maximum atomic E-state index is 11.8. The summed E-state index contributed by atoms with van der Waals surface area (Å²) in [6, 6.07) is 14.0. The second-order valence-corrected chi connectivity index (χ2v) is 10.1. The smallest absolute Gasteiger partial charge is 0.250 e. The molecule has 2 aromatic heterocycles. The molecule has 1 aliphatic heterocycles. The highest BCUT2D eigenvalue weighted by Gasteiger charge is 2.15. The fourth-order valence-corrected chi connectivity index (χ4v) is 4.47. The monoisotopic (exact) mass is 465 g/mol. The summed E-state index contributed by atoms with van der Waals surface area (Å²) in [6.07, 6.45) is 5.91. The van der Waals surface area contributed by atoms with E-state index in [4.69, 9.17) is 4.98 Å². The number of aromatic nitrogens is 4. The van der Waals surface area contributed by atoms with E-state index in [1.54, 1.807) is 6.20 Å². The molecule has 9 nitrogen and oxygen atoms in total. The molecule has 2 aromatic carbocycles. The van der Waals surface area contributed by atoms with E-state index in [2.05, 4.69) is 44.4 Å². The van der Waals surface area contributed by atoms with Crippen LogP contribution in [0, 0.1) is 0 Å². The quantitative estimate of drug-likeness (QED) is 0.480. The van der Waals surface area contributed by atoms with Crippen LogP contribution in [0.15, 0.2) is 61.1 Å². The number of rotatable bonds is 5. The molecule has 4 aromatic rings. The average Bonchev–Trinajstić information content (AvgIpc) is 3.30. The molecule has 0 bridgehead atoms. The van der Waals surface area contributed by atoms with Crippen molar-refractivity contribution in [3.05, 3.63) is 61.1 Å². The van der Waals surface area contributed by atoms with Gasteiger partial charge in [0, 0.05) is 61.7 Å². The van der Waals surface area contributed by atoms with Gasteiger partial charge in [0.25, 0.3) is 10.0 Å². The van der Waals surface area contributed by atoms with E-state index in [9.17, 15) is 8.42 Å². The number of benzene rings is 2. The van der Waals surface area contributed by atoms with E-state index in [0.29, 0.717) is 11.5 Å². The Morgan fingerprint density at radius 1 is 1.03 bits per heavy atom.